The summed E-state index contributed by atoms with van der Waals surface area (Å²) in [6.45, 7) is -1.12. The standard InChI is InChI=1S/C10H12F2O2/c1-7(13)6-8-2-4-9(5-3-8)14-10(11)12/h2-5,7,10,13H,6H2,1H3/t7-/m0/s1. The molecule has 1 N–H and O–H groups in total. The van der Waals surface area contributed by atoms with E-state index in [0.29, 0.717) is 6.42 Å². The third-order valence-corrected chi connectivity index (χ3v) is 1.68. The van der Waals surface area contributed by atoms with Crippen molar-refractivity contribution in [3.05, 3.63) is 29.8 Å². The molecule has 0 aliphatic rings. The second-order valence-electron chi connectivity index (χ2n) is 3.08. The molecule has 0 spiro atoms. The van der Waals surface area contributed by atoms with Crippen LogP contribution in [0.15, 0.2) is 24.3 Å². The molecule has 1 aromatic rings. The zero-order chi connectivity index (χ0) is 10.6. The fourth-order valence-electron chi connectivity index (χ4n) is 1.15. The molecule has 1 atom stereocenters. The van der Waals surface area contributed by atoms with Crippen LogP contribution in [0.5, 0.6) is 5.75 Å². The highest BCUT2D eigenvalue weighted by Gasteiger charge is 2.04. The van der Waals surface area contributed by atoms with Crippen molar-refractivity contribution in [1.82, 2.24) is 0 Å². The Kier molecular flexibility index (Phi) is 3.83. The maximum absolute atomic E-state index is 11.8. The van der Waals surface area contributed by atoms with E-state index >= 15 is 0 Å². The average Bonchev–Trinajstić information content (AvgIpc) is 2.06. The molecular weight excluding hydrogens is 190 g/mol. The maximum atomic E-state index is 11.8. The molecule has 0 bridgehead atoms. The minimum absolute atomic E-state index is 0.134. The topological polar surface area (TPSA) is 29.5 Å². The predicted octanol–water partition coefficient (Wildman–Crippen LogP) is 2.21. The van der Waals surface area contributed by atoms with Crippen molar-refractivity contribution < 1.29 is 18.6 Å². The van der Waals surface area contributed by atoms with E-state index in [1.165, 1.54) is 12.1 Å². The van der Waals surface area contributed by atoms with Gasteiger partial charge < -0.3 is 9.84 Å². The summed E-state index contributed by atoms with van der Waals surface area (Å²) in [5.41, 5.74) is 0.890. The first-order chi connectivity index (χ1) is 6.58. The van der Waals surface area contributed by atoms with Gasteiger partial charge in [0, 0.05) is 0 Å². The Morgan fingerprint density at radius 3 is 2.29 bits per heavy atom. The minimum Gasteiger partial charge on any atom is -0.435 e. The van der Waals surface area contributed by atoms with Crippen molar-refractivity contribution >= 4 is 0 Å². The number of aliphatic hydroxyl groups excluding tert-OH is 1. The molecule has 1 rings (SSSR count). The van der Waals surface area contributed by atoms with Crippen LogP contribution in [0.2, 0.25) is 0 Å². The fourth-order valence-corrected chi connectivity index (χ4v) is 1.15. The summed E-state index contributed by atoms with van der Waals surface area (Å²) in [5.74, 6) is 0.134. The Bertz CT molecular complexity index is 241. The highest BCUT2D eigenvalue weighted by Crippen LogP contribution is 2.15. The van der Waals surface area contributed by atoms with Gasteiger partial charge in [-0.1, -0.05) is 12.1 Å². The van der Waals surface area contributed by atoms with Gasteiger partial charge in [-0.05, 0) is 31.0 Å². The first kappa shape index (κ1) is 10.9. The van der Waals surface area contributed by atoms with Gasteiger partial charge >= 0.3 is 6.61 Å². The van der Waals surface area contributed by atoms with Crippen LogP contribution >= 0.6 is 0 Å². The lowest BCUT2D eigenvalue weighted by atomic mass is 10.1. The van der Waals surface area contributed by atoms with Crippen LogP contribution < -0.4 is 4.74 Å². The number of hydrogen-bond acceptors (Lipinski definition) is 2. The zero-order valence-electron chi connectivity index (χ0n) is 7.78. The molecule has 0 heterocycles. The largest absolute Gasteiger partial charge is 0.435 e. The van der Waals surface area contributed by atoms with E-state index in [9.17, 15) is 8.78 Å². The van der Waals surface area contributed by atoms with Crippen molar-refractivity contribution in [2.45, 2.75) is 26.1 Å². The Balaban J connectivity index is 2.59. The van der Waals surface area contributed by atoms with Crippen LogP contribution in [0.1, 0.15) is 12.5 Å². The molecule has 14 heavy (non-hydrogen) atoms. The molecule has 0 fully saturated rings. The lowest BCUT2D eigenvalue weighted by Gasteiger charge is -2.06. The van der Waals surface area contributed by atoms with Crippen molar-refractivity contribution in [1.29, 1.82) is 0 Å². The predicted molar refractivity (Wildman–Crippen MR) is 48.5 cm³/mol. The molecule has 0 radical (unpaired) electrons. The smallest absolute Gasteiger partial charge is 0.387 e. The molecular formula is C10H12F2O2. The molecule has 0 amide bonds. The summed E-state index contributed by atoms with van der Waals surface area (Å²) in [7, 11) is 0. The lowest BCUT2D eigenvalue weighted by molar-refractivity contribution is -0.0498. The zero-order valence-corrected chi connectivity index (χ0v) is 7.78. The van der Waals surface area contributed by atoms with E-state index in [1.807, 2.05) is 0 Å². The Morgan fingerprint density at radius 2 is 1.86 bits per heavy atom. The third kappa shape index (κ3) is 3.70. The molecule has 0 saturated heterocycles. The molecule has 2 nitrogen and oxygen atoms in total. The monoisotopic (exact) mass is 202 g/mol. The van der Waals surface area contributed by atoms with Gasteiger partial charge in [-0.25, -0.2) is 0 Å². The summed E-state index contributed by atoms with van der Waals surface area (Å²) in [5, 5.41) is 9.07. The second-order valence-corrected chi connectivity index (χ2v) is 3.08. The van der Waals surface area contributed by atoms with Crippen molar-refractivity contribution in [3.63, 3.8) is 0 Å². The van der Waals surface area contributed by atoms with Crippen LogP contribution in [0.3, 0.4) is 0 Å². The molecule has 0 unspecified atom stereocenters. The van der Waals surface area contributed by atoms with Gasteiger partial charge in [-0.3, -0.25) is 0 Å². The van der Waals surface area contributed by atoms with Crippen LogP contribution in [0, 0.1) is 0 Å². The van der Waals surface area contributed by atoms with Gasteiger partial charge in [0.1, 0.15) is 5.75 Å². The quantitative estimate of drug-likeness (QED) is 0.811. The highest BCUT2D eigenvalue weighted by atomic mass is 19.3. The van der Waals surface area contributed by atoms with Gasteiger partial charge in [0.05, 0.1) is 6.10 Å². The molecule has 1 aromatic carbocycles. The summed E-state index contributed by atoms with van der Waals surface area (Å²) in [4.78, 5) is 0. The van der Waals surface area contributed by atoms with Gasteiger partial charge in [-0.15, -0.1) is 0 Å². The van der Waals surface area contributed by atoms with Gasteiger partial charge in [0.2, 0.25) is 0 Å². The van der Waals surface area contributed by atoms with E-state index in [0.717, 1.165) is 5.56 Å². The third-order valence-electron chi connectivity index (χ3n) is 1.68. The van der Waals surface area contributed by atoms with E-state index in [4.69, 9.17) is 5.11 Å². The first-order valence-electron chi connectivity index (χ1n) is 4.29. The molecule has 0 aromatic heterocycles. The molecule has 4 heteroatoms. The number of benzene rings is 1. The SMILES string of the molecule is C[C@H](O)Cc1ccc(OC(F)F)cc1. The normalized spacial score (nSPS) is 12.9. The van der Waals surface area contributed by atoms with Gasteiger partial charge in [-0.2, -0.15) is 8.78 Å². The van der Waals surface area contributed by atoms with Crippen LogP contribution in [-0.4, -0.2) is 17.8 Å². The number of alkyl halides is 2. The lowest BCUT2D eigenvalue weighted by Crippen LogP contribution is -2.05. The van der Waals surface area contributed by atoms with Crippen molar-refractivity contribution in [2.24, 2.45) is 0 Å². The van der Waals surface area contributed by atoms with Gasteiger partial charge in [0.25, 0.3) is 0 Å². The molecule has 0 saturated carbocycles. The van der Waals surface area contributed by atoms with Crippen LogP contribution in [-0.2, 0) is 6.42 Å². The first-order valence-corrected chi connectivity index (χ1v) is 4.29. The number of ether oxygens (including phenoxy) is 1. The minimum atomic E-state index is -2.79. The number of aliphatic hydroxyl groups is 1. The van der Waals surface area contributed by atoms with Crippen LogP contribution in [0.25, 0.3) is 0 Å². The summed E-state index contributed by atoms with van der Waals surface area (Å²) in [6.07, 6.45) is 0.0754. The Labute approximate surface area is 81.1 Å². The Hall–Kier alpha value is -1.16. The Morgan fingerprint density at radius 1 is 1.29 bits per heavy atom. The van der Waals surface area contributed by atoms with E-state index < -0.39 is 12.7 Å². The van der Waals surface area contributed by atoms with E-state index in [-0.39, 0.29) is 5.75 Å². The highest BCUT2D eigenvalue weighted by molar-refractivity contribution is 5.27. The molecule has 0 aliphatic carbocycles. The number of halogens is 2. The van der Waals surface area contributed by atoms with Gasteiger partial charge in [0.15, 0.2) is 0 Å². The number of hydrogen-bond donors (Lipinski definition) is 1. The molecule has 0 aliphatic heterocycles. The number of rotatable bonds is 4. The van der Waals surface area contributed by atoms with Crippen LogP contribution in [0.4, 0.5) is 8.78 Å². The fraction of sp³-hybridized carbons (Fsp3) is 0.400. The summed E-state index contributed by atoms with van der Waals surface area (Å²) in [6, 6.07) is 6.24. The summed E-state index contributed by atoms with van der Waals surface area (Å²) >= 11 is 0. The maximum Gasteiger partial charge on any atom is 0.387 e. The van der Waals surface area contributed by atoms with Crippen molar-refractivity contribution in [3.8, 4) is 5.75 Å². The van der Waals surface area contributed by atoms with E-state index in [1.54, 1.807) is 19.1 Å². The van der Waals surface area contributed by atoms with Crippen molar-refractivity contribution in [2.75, 3.05) is 0 Å². The molecule has 78 valence electrons. The van der Waals surface area contributed by atoms with E-state index in [2.05, 4.69) is 4.74 Å². The second kappa shape index (κ2) is 4.91. The average molecular weight is 202 g/mol. The summed E-state index contributed by atoms with van der Waals surface area (Å²) < 4.78 is 27.7.